The predicted molar refractivity (Wildman–Crippen MR) is 132 cm³/mol. The number of hydrogen-bond donors (Lipinski definition) is 3. The average molecular weight is 511 g/mol. The third-order valence-corrected chi connectivity index (χ3v) is 6.39. The van der Waals surface area contributed by atoms with Gasteiger partial charge in [0.2, 0.25) is 5.91 Å². The van der Waals surface area contributed by atoms with E-state index in [1.807, 2.05) is 0 Å². The van der Waals surface area contributed by atoms with Crippen molar-refractivity contribution < 1.29 is 28.4 Å². The Labute approximate surface area is 213 Å². The molecule has 2 amide bonds. The normalized spacial score (nSPS) is 14.4. The van der Waals surface area contributed by atoms with Gasteiger partial charge in [0, 0.05) is 43.9 Å². The highest BCUT2D eigenvalue weighted by Crippen LogP contribution is 2.25. The minimum atomic E-state index is -1.86. The number of hydrogen-bond acceptors (Lipinski definition) is 6. The van der Waals surface area contributed by atoms with Gasteiger partial charge in [-0.05, 0) is 55.1 Å². The molecule has 0 unspecified atom stereocenters. The van der Waals surface area contributed by atoms with E-state index in [0.717, 1.165) is 12.3 Å². The van der Waals surface area contributed by atoms with E-state index >= 15 is 0 Å². The molecule has 0 bridgehead atoms. The first-order valence-electron chi connectivity index (χ1n) is 11.8. The Bertz CT molecular complexity index is 1310. The van der Waals surface area contributed by atoms with Crippen molar-refractivity contribution in [2.45, 2.75) is 44.7 Å². The molecular weight excluding hydrogens is 483 g/mol. The van der Waals surface area contributed by atoms with Gasteiger partial charge >= 0.3 is 7.12 Å². The Morgan fingerprint density at radius 3 is 2.59 bits per heavy atom. The third-order valence-electron chi connectivity index (χ3n) is 6.39. The number of fused-ring (bicyclic) bond motifs is 1. The summed E-state index contributed by atoms with van der Waals surface area (Å²) < 4.78 is 29.7. The molecule has 12 heteroatoms. The van der Waals surface area contributed by atoms with Gasteiger partial charge in [-0.1, -0.05) is 6.07 Å². The first-order chi connectivity index (χ1) is 17.4. The molecule has 0 spiro atoms. The van der Waals surface area contributed by atoms with Gasteiger partial charge in [-0.3, -0.25) is 19.3 Å². The Kier molecular flexibility index (Phi) is 7.42. The van der Waals surface area contributed by atoms with E-state index < -0.39 is 42.1 Å². The molecule has 37 heavy (non-hydrogen) atoms. The topological polar surface area (TPSA) is 121 Å². The van der Waals surface area contributed by atoms with Crippen LogP contribution in [0.25, 0.3) is 0 Å². The van der Waals surface area contributed by atoms with Crippen LogP contribution in [0.3, 0.4) is 0 Å². The van der Waals surface area contributed by atoms with Gasteiger partial charge in [0.25, 0.3) is 5.91 Å². The third kappa shape index (κ3) is 5.86. The van der Waals surface area contributed by atoms with Crippen LogP contribution >= 0.6 is 0 Å². The summed E-state index contributed by atoms with van der Waals surface area (Å²) >= 11 is 0. The van der Waals surface area contributed by atoms with Crippen LogP contribution in [0.15, 0.2) is 42.9 Å². The van der Waals surface area contributed by atoms with Crippen LogP contribution in [-0.4, -0.2) is 66.8 Å². The molecule has 3 N–H and O–H groups in total. The van der Waals surface area contributed by atoms with Crippen LogP contribution < -0.4 is 10.8 Å². The standard InChI is InChI=1S/C25H28BF2N5O4/c1-25(2,11-17-5-4-16(27)13-29-17)31-23(34)21(10-15-12-30-32(3)14-15)33-9-8-18-19(26(36)37)6-7-20(28)22(18)24(33)35/h4-7,12-14,21,36-37H,8-11H2,1-3H3,(H,31,34)/t21-/m1/s1. The number of rotatable bonds is 8. The molecule has 1 aliphatic rings. The molecule has 0 radical (unpaired) electrons. The van der Waals surface area contributed by atoms with E-state index in [9.17, 15) is 28.4 Å². The maximum atomic E-state index is 14.8. The molecule has 1 aromatic carbocycles. The molecule has 3 aromatic rings. The maximum Gasteiger partial charge on any atom is 0.488 e. The highest BCUT2D eigenvalue weighted by atomic mass is 19.1. The molecule has 9 nitrogen and oxygen atoms in total. The summed E-state index contributed by atoms with van der Waals surface area (Å²) in [6.07, 6.45) is 5.02. The molecule has 0 aliphatic carbocycles. The van der Waals surface area contributed by atoms with Gasteiger partial charge in [-0.2, -0.15) is 5.10 Å². The quantitative estimate of drug-likeness (QED) is 0.380. The van der Waals surface area contributed by atoms with Crippen molar-refractivity contribution in [2.24, 2.45) is 7.05 Å². The number of aromatic nitrogens is 3. The van der Waals surface area contributed by atoms with E-state index in [1.54, 1.807) is 38.0 Å². The largest absolute Gasteiger partial charge is 0.488 e. The molecule has 194 valence electrons. The lowest BCUT2D eigenvalue weighted by Gasteiger charge is -2.37. The predicted octanol–water partition coefficient (Wildman–Crippen LogP) is 0.520. The molecule has 2 aromatic heterocycles. The zero-order valence-corrected chi connectivity index (χ0v) is 20.8. The SMILES string of the molecule is Cn1cc(C[C@H](C(=O)NC(C)(C)Cc2ccc(F)cn2)N2CCc3c(B(O)O)ccc(F)c3C2=O)cn1. The smallest absolute Gasteiger partial charge is 0.423 e. The minimum Gasteiger partial charge on any atom is -0.423 e. The van der Waals surface area contributed by atoms with Gasteiger partial charge < -0.3 is 20.3 Å². The number of nitrogens with one attached hydrogen (secondary N) is 1. The summed E-state index contributed by atoms with van der Waals surface area (Å²) in [4.78, 5) is 32.5. The van der Waals surface area contributed by atoms with E-state index in [4.69, 9.17) is 0 Å². The Balaban J connectivity index is 1.63. The second kappa shape index (κ2) is 10.4. The van der Waals surface area contributed by atoms with Crippen molar-refractivity contribution in [3.05, 3.63) is 76.9 Å². The van der Waals surface area contributed by atoms with Crippen molar-refractivity contribution in [3.8, 4) is 0 Å². The molecule has 4 rings (SSSR count). The molecule has 3 heterocycles. The first kappa shape index (κ1) is 26.4. The van der Waals surface area contributed by atoms with Crippen molar-refractivity contribution >= 4 is 24.4 Å². The van der Waals surface area contributed by atoms with Gasteiger partial charge in [0.15, 0.2) is 0 Å². The van der Waals surface area contributed by atoms with Crippen LogP contribution in [0.4, 0.5) is 8.78 Å². The fourth-order valence-corrected chi connectivity index (χ4v) is 4.72. The van der Waals surface area contributed by atoms with Gasteiger partial charge in [-0.25, -0.2) is 8.78 Å². The summed E-state index contributed by atoms with van der Waals surface area (Å²) in [5.41, 5.74) is 0.501. The Morgan fingerprint density at radius 2 is 1.97 bits per heavy atom. The summed E-state index contributed by atoms with van der Waals surface area (Å²) in [7, 11) is -0.124. The molecular formula is C25H28BF2N5O4. The molecule has 0 saturated carbocycles. The number of halogens is 2. The van der Waals surface area contributed by atoms with Crippen molar-refractivity contribution in [2.75, 3.05) is 6.54 Å². The molecule has 0 fully saturated rings. The number of amides is 2. The van der Waals surface area contributed by atoms with E-state index in [1.165, 1.54) is 23.1 Å². The second-order valence-corrected chi connectivity index (χ2v) is 9.87. The van der Waals surface area contributed by atoms with Crippen molar-refractivity contribution in [1.29, 1.82) is 0 Å². The van der Waals surface area contributed by atoms with Crippen LogP contribution in [0.1, 0.15) is 41.0 Å². The highest BCUT2D eigenvalue weighted by molar-refractivity contribution is 6.59. The summed E-state index contributed by atoms with van der Waals surface area (Å²) in [5, 5.41) is 26.5. The van der Waals surface area contributed by atoms with Gasteiger partial charge in [0.05, 0.1) is 18.0 Å². The van der Waals surface area contributed by atoms with Gasteiger partial charge in [0.1, 0.15) is 17.7 Å². The van der Waals surface area contributed by atoms with E-state index in [-0.39, 0.29) is 36.0 Å². The number of nitrogens with zero attached hydrogens (tertiary/aromatic N) is 4. The van der Waals surface area contributed by atoms with Crippen LogP contribution in [0.5, 0.6) is 0 Å². The molecule has 1 aliphatic heterocycles. The highest BCUT2D eigenvalue weighted by Gasteiger charge is 2.39. The minimum absolute atomic E-state index is 0.0607. The summed E-state index contributed by atoms with van der Waals surface area (Å²) in [6.45, 7) is 3.66. The number of carbonyl (C=O) groups is 2. The fourth-order valence-electron chi connectivity index (χ4n) is 4.72. The number of benzene rings is 1. The van der Waals surface area contributed by atoms with Crippen molar-refractivity contribution in [3.63, 3.8) is 0 Å². The molecule has 0 saturated heterocycles. The van der Waals surface area contributed by atoms with Crippen LogP contribution in [-0.2, 0) is 31.1 Å². The zero-order valence-electron chi connectivity index (χ0n) is 20.8. The monoisotopic (exact) mass is 511 g/mol. The Hall–Kier alpha value is -3.64. The van der Waals surface area contributed by atoms with Crippen LogP contribution in [0.2, 0.25) is 0 Å². The summed E-state index contributed by atoms with van der Waals surface area (Å²) in [5.74, 6) is -2.41. The molecule has 1 atom stereocenters. The van der Waals surface area contributed by atoms with Crippen molar-refractivity contribution in [1.82, 2.24) is 25.0 Å². The summed E-state index contributed by atoms with van der Waals surface area (Å²) in [6, 6.07) is 4.10. The first-order valence-corrected chi connectivity index (χ1v) is 11.8. The fraction of sp³-hybridized carbons (Fsp3) is 0.360. The van der Waals surface area contributed by atoms with Gasteiger partial charge in [-0.15, -0.1) is 0 Å². The second-order valence-electron chi connectivity index (χ2n) is 9.87. The zero-order chi connectivity index (χ0) is 26.9. The number of pyridine rings is 1. The number of carbonyl (C=O) groups excluding carboxylic acids is 2. The van der Waals surface area contributed by atoms with E-state index in [0.29, 0.717) is 17.7 Å². The van der Waals surface area contributed by atoms with E-state index in [2.05, 4.69) is 15.4 Å². The lowest BCUT2D eigenvalue weighted by atomic mass is 9.73. The lowest BCUT2D eigenvalue weighted by Crippen LogP contribution is -2.58. The Morgan fingerprint density at radius 1 is 1.22 bits per heavy atom. The maximum absolute atomic E-state index is 14.8. The van der Waals surface area contributed by atoms with Crippen LogP contribution in [0, 0.1) is 11.6 Å². The average Bonchev–Trinajstić information content (AvgIpc) is 3.23. The number of aryl methyl sites for hydroxylation is 1. The lowest BCUT2D eigenvalue weighted by molar-refractivity contribution is -0.127.